The largest absolute Gasteiger partial charge is 0.465 e. The summed E-state index contributed by atoms with van der Waals surface area (Å²) >= 11 is 0. The first kappa shape index (κ1) is 64.0. The maximum absolute atomic E-state index is 15.7. The second kappa shape index (κ2) is 42.7. The normalized spacial score (nSPS) is 17.9. The maximum Gasteiger partial charge on any atom is 0.465 e. The third kappa shape index (κ3) is 24.8. The van der Waals surface area contributed by atoms with E-state index in [-0.39, 0.29) is 12.2 Å². The predicted molar refractivity (Wildman–Crippen MR) is 285 cm³/mol. The molecule has 0 spiro atoms. The molecule has 9 heteroatoms. The van der Waals surface area contributed by atoms with Crippen LogP contribution in [0.15, 0.2) is 24.3 Å². The number of hydrogen-bond acceptors (Lipinski definition) is 8. The van der Waals surface area contributed by atoms with Crippen molar-refractivity contribution in [2.45, 2.75) is 303 Å². The quantitative estimate of drug-likeness (QED) is 0.0196. The van der Waals surface area contributed by atoms with Crippen LogP contribution < -0.4 is 0 Å². The van der Waals surface area contributed by atoms with Crippen LogP contribution in [0.2, 0.25) is 0 Å². The molecular weight excluding hydrogens is 856 g/mol. The van der Waals surface area contributed by atoms with Crippen molar-refractivity contribution in [1.29, 1.82) is 0 Å². The van der Waals surface area contributed by atoms with Gasteiger partial charge in [-0.1, -0.05) is 245 Å². The van der Waals surface area contributed by atoms with Gasteiger partial charge in [-0.3, -0.25) is 0 Å². The van der Waals surface area contributed by atoms with E-state index in [0.717, 1.165) is 122 Å². The molecule has 0 saturated heterocycles. The van der Waals surface area contributed by atoms with Crippen LogP contribution in [0.4, 0.5) is 0 Å². The molecule has 0 fully saturated rings. The monoisotopic (exact) mass is 966 g/mol. The van der Waals surface area contributed by atoms with E-state index in [1.807, 2.05) is 12.2 Å². The molecule has 394 valence electrons. The van der Waals surface area contributed by atoms with E-state index in [1.165, 1.54) is 109 Å². The van der Waals surface area contributed by atoms with E-state index in [2.05, 4.69) is 48.1 Å². The van der Waals surface area contributed by atoms with Crippen molar-refractivity contribution in [3.63, 3.8) is 0 Å². The molecule has 0 saturated carbocycles. The molecule has 67 heavy (non-hydrogen) atoms. The van der Waals surface area contributed by atoms with Crippen LogP contribution in [0.3, 0.4) is 0 Å². The number of ether oxygens (including phenoxy) is 6. The highest BCUT2D eigenvalue weighted by Crippen LogP contribution is 2.61. The van der Waals surface area contributed by atoms with Crippen LogP contribution in [0.1, 0.15) is 280 Å². The highest BCUT2D eigenvalue weighted by atomic mass is 31.1. The summed E-state index contributed by atoms with van der Waals surface area (Å²) in [7, 11) is -2.89. The van der Waals surface area contributed by atoms with Gasteiger partial charge in [0.2, 0.25) is 0 Å². The summed E-state index contributed by atoms with van der Waals surface area (Å²) in [6.07, 6.45) is 42.0. The molecule has 1 rings (SSSR count). The fraction of sp³-hybridized carbons (Fsp3) is 0.914. The molecule has 0 aromatic rings. The van der Waals surface area contributed by atoms with Crippen molar-refractivity contribution >= 4 is 13.3 Å². The Morgan fingerprint density at radius 3 is 1.04 bits per heavy atom. The Hall–Kier alpha value is -0.990. The molecular formula is C58H110O8P+. The Morgan fingerprint density at radius 2 is 0.716 bits per heavy atom. The molecule has 8 nitrogen and oxygen atoms in total. The molecule has 0 bridgehead atoms. The van der Waals surface area contributed by atoms with Crippen LogP contribution in [0.5, 0.6) is 0 Å². The third-order valence-electron chi connectivity index (χ3n) is 13.5. The Kier molecular flexibility index (Phi) is 40.8. The molecule has 1 aliphatic carbocycles. The van der Waals surface area contributed by atoms with Crippen LogP contribution in [0.25, 0.3) is 0 Å². The van der Waals surface area contributed by atoms with Gasteiger partial charge in [0.1, 0.15) is 6.10 Å². The van der Waals surface area contributed by atoms with Crippen molar-refractivity contribution in [2.24, 2.45) is 0 Å². The number of hydrogen-bond donors (Lipinski definition) is 0. The molecule has 0 N–H and O–H groups in total. The van der Waals surface area contributed by atoms with Crippen molar-refractivity contribution in [1.82, 2.24) is 0 Å². The third-order valence-corrected chi connectivity index (χ3v) is 15.4. The Bertz CT molecular complexity index is 1190. The van der Waals surface area contributed by atoms with E-state index in [1.54, 1.807) is 6.92 Å². The maximum atomic E-state index is 15.7. The van der Waals surface area contributed by atoms with Gasteiger partial charge in [0.25, 0.3) is 5.79 Å². The second-order valence-electron chi connectivity index (χ2n) is 19.9. The zero-order valence-corrected chi connectivity index (χ0v) is 46.2. The lowest BCUT2D eigenvalue weighted by atomic mass is 9.85. The molecule has 0 amide bonds. The zero-order valence-electron chi connectivity index (χ0n) is 45.4. The molecule has 3 atom stereocenters. The van der Waals surface area contributed by atoms with Gasteiger partial charge >= 0.3 is 24.5 Å². The van der Waals surface area contributed by atoms with Gasteiger partial charge in [-0.05, 0) is 51.5 Å². The Morgan fingerprint density at radius 1 is 0.433 bits per heavy atom. The molecule has 0 radical (unpaired) electrons. The summed E-state index contributed by atoms with van der Waals surface area (Å²) in [5.41, 5.74) is -0.337. The average molecular weight is 966 g/mol. The summed E-state index contributed by atoms with van der Waals surface area (Å²) in [4.78, 5) is 14.5. The lowest BCUT2D eigenvalue weighted by Gasteiger charge is -2.55. The van der Waals surface area contributed by atoms with E-state index in [0.29, 0.717) is 33.0 Å². The topological polar surface area (TPSA) is 89.5 Å². The van der Waals surface area contributed by atoms with Crippen molar-refractivity contribution in [3.05, 3.63) is 24.3 Å². The Labute approximate surface area is 416 Å². The lowest BCUT2D eigenvalue weighted by molar-refractivity contribution is -0.458. The minimum Gasteiger partial charge on any atom is -0.368 e. The summed E-state index contributed by atoms with van der Waals surface area (Å²) in [5, 5.41) is -1.88. The highest BCUT2D eigenvalue weighted by Gasteiger charge is 2.82. The van der Waals surface area contributed by atoms with E-state index >= 15 is 4.57 Å². The van der Waals surface area contributed by atoms with Gasteiger partial charge in [0.15, 0.2) is 0 Å². The fourth-order valence-electron chi connectivity index (χ4n) is 9.24. The molecule has 0 aromatic carbocycles. The van der Waals surface area contributed by atoms with Crippen LogP contribution in [-0.4, -0.2) is 68.2 Å². The number of allylic oxidation sites excluding steroid dienone is 1. The van der Waals surface area contributed by atoms with Crippen molar-refractivity contribution < 1.29 is 37.8 Å². The van der Waals surface area contributed by atoms with Crippen LogP contribution in [-0.2, 0) is 37.8 Å². The van der Waals surface area contributed by atoms with Crippen molar-refractivity contribution in [2.75, 3.05) is 39.6 Å². The molecule has 3 unspecified atom stereocenters. The number of carbonyl (C=O) groups is 1. The second-order valence-corrected chi connectivity index (χ2v) is 21.5. The van der Waals surface area contributed by atoms with E-state index < -0.39 is 36.3 Å². The first-order valence-electron chi connectivity index (χ1n) is 28.9. The van der Waals surface area contributed by atoms with Crippen LogP contribution >= 0.6 is 7.80 Å². The van der Waals surface area contributed by atoms with Gasteiger partial charge in [0.05, 0.1) is 33.0 Å². The highest BCUT2D eigenvalue weighted by molar-refractivity contribution is 7.66. The van der Waals surface area contributed by atoms with E-state index in [9.17, 15) is 4.79 Å². The summed E-state index contributed by atoms with van der Waals surface area (Å²) in [5.74, 6) is -3.68. The average Bonchev–Trinajstić information content (AvgIpc) is 3.33. The first-order chi connectivity index (χ1) is 32.7. The van der Waals surface area contributed by atoms with Gasteiger partial charge < -0.3 is 28.4 Å². The summed E-state index contributed by atoms with van der Waals surface area (Å²) in [6.45, 7) is 21.2. The molecule has 1 aliphatic rings. The van der Waals surface area contributed by atoms with Crippen molar-refractivity contribution in [3.8, 4) is 0 Å². The minimum absolute atomic E-state index is 0.214. The zero-order chi connectivity index (χ0) is 49.2. The number of rotatable bonds is 51. The lowest BCUT2D eigenvalue weighted by Crippen LogP contribution is -2.77. The fourth-order valence-corrected chi connectivity index (χ4v) is 10.9. The minimum atomic E-state index is -2.89. The summed E-state index contributed by atoms with van der Waals surface area (Å²) < 4.78 is 59.6. The summed E-state index contributed by atoms with van der Waals surface area (Å²) in [6, 6.07) is 0. The smallest absolute Gasteiger partial charge is 0.368 e. The number of carbonyl (C=O) groups excluding carboxylic acids is 1. The van der Waals surface area contributed by atoms with Crippen LogP contribution in [0, 0.1) is 0 Å². The van der Waals surface area contributed by atoms with Gasteiger partial charge in [-0.15, -0.1) is 0 Å². The van der Waals surface area contributed by atoms with E-state index in [4.69, 9.17) is 28.4 Å². The SMILES string of the molecule is C=C(C)C(=O)[P+](=O)C1(OCCCCCCCC)C=CC(OCCCCCCCC)C(OCCCCCCCC)(OCCCCCCCC)C1(OCCCCCCCC)OCCCCCCCC. The standard InChI is InChI=1S/C58H110O8P/c1-9-15-21-27-33-39-47-61-54-45-46-56(67(60)55(59)53(7)8,62-48-40-34-28-22-16-10-2)58(65-51-43-37-31-25-19-13-5,66-52-44-38-32-26-20-14-6)57(54,63-49-41-35-29-23-17-11-3)64-50-42-36-30-24-18-12-4/h45-46,54H,7,9-44,47-52H2,1-6,8H3/q+1. The van der Waals surface area contributed by atoms with Gasteiger partial charge in [-0.2, -0.15) is 0 Å². The van der Waals surface area contributed by atoms with Gasteiger partial charge in [0, 0.05) is 18.3 Å². The molecule has 0 aliphatic heterocycles. The predicted octanol–water partition coefficient (Wildman–Crippen LogP) is 18.2. The first-order valence-corrected chi connectivity index (χ1v) is 30.2. The van der Waals surface area contributed by atoms with Gasteiger partial charge in [-0.25, -0.2) is 4.79 Å². The molecule has 0 aromatic heterocycles. The molecule has 0 heterocycles. The number of unbranched alkanes of at least 4 members (excludes halogenated alkanes) is 30. The Balaban J connectivity index is 4.21.